The summed E-state index contributed by atoms with van der Waals surface area (Å²) < 4.78 is 15.7. The van der Waals surface area contributed by atoms with E-state index in [9.17, 15) is 4.39 Å². The van der Waals surface area contributed by atoms with Gasteiger partial charge in [-0.05, 0) is 56.0 Å². The summed E-state index contributed by atoms with van der Waals surface area (Å²) in [6, 6.07) is 5.62. The minimum Gasteiger partial charge on any atom is -0.310 e. The van der Waals surface area contributed by atoms with Crippen molar-refractivity contribution in [3.8, 4) is 0 Å². The number of nitrogens with zero attached hydrogens (tertiary/aromatic N) is 2. The van der Waals surface area contributed by atoms with Gasteiger partial charge in [-0.15, -0.1) is 0 Å². The lowest BCUT2D eigenvalue weighted by molar-refractivity contribution is 0.523. The predicted molar refractivity (Wildman–Crippen MR) is 83.8 cm³/mol. The van der Waals surface area contributed by atoms with Gasteiger partial charge in [-0.2, -0.15) is 5.10 Å². The second-order valence-corrected chi connectivity index (χ2v) is 5.42. The van der Waals surface area contributed by atoms with Gasteiger partial charge in [0.15, 0.2) is 0 Å². The number of benzene rings is 1. The van der Waals surface area contributed by atoms with Crippen molar-refractivity contribution in [3.63, 3.8) is 0 Å². The molecule has 0 spiro atoms. The SMILES string of the molecule is CCCNC(Cc1cnn(CC)c1)c1ccc(C)c(F)c1. The van der Waals surface area contributed by atoms with Crippen LogP contribution in [0.1, 0.15) is 43.0 Å². The summed E-state index contributed by atoms with van der Waals surface area (Å²) in [5.41, 5.74) is 2.86. The summed E-state index contributed by atoms with van der Waals surface area (Å²) in [5.74, 6) is -0.139. The van der Waals surface area contributed by atoms with E-state index in [4.69, 9.17) is 0 Å². The highest BCUT2D eigenvalue weighted by Gasteiger charge is 2.14. The molecule has 0 aliphatic rings. The Morgan fingerprint density at radius 3 is 2.76 bits per heavy atom. The molecule has 114 valence electrons. The van der Waals surface area contributed by atoms with Crippen LogP contribution in [-0.2, 0) is 13.0 Å². The third kappa shape index (κ3) is 4.14. The smallest absolute Gasteiger partial charge is 0.126 e. The van der Waals surface area contributed by atoms with E-state index >= 15 is 0 Å². The summed E-state index contributed by atoms with van der Waals surface area (Å²) in [6.07, 6.45) is 5.83. The molecule has 1 unspecified atom stereocenters. The summed E-state index contributed by atoms with van der Waals surface area (Å²) in [4.78, 5) is 0. The molecular formula is C17H24FN3. The van der Waals surface area contributed by atoms with Gasteiger partial charge in [-0.3, -0.25) is 4.68 Å². The highest BCUT2D eigenvalue weighted by atomic mass is 19.1. The molecule has 0 amide bonds. The first-order chi connectivity index (χ1) is 10.1. The van der Waals surface area contributed by atoms with Gasteiger partial charge in [0.2, 0.25) is 0 Å². The van der Waals surface area contributed by atoms with Crippen LogP contribution in [0.3, 0.4) is 0 Å². The molecule has 0 radical (unpaired) electrons. The minimum atomic E-state index is -0.139. The zero-order chi connectivity index (χ0) is 15.2. The van der Waals surface area contributed by atoms with Gasteiger partial charge in [0.25, 0.3) is 0 Å². The maximum absolute atomic E-state index is 13.8. The summed E-state index contributed by atoms with van der Waals surface area (Å²) in [5, 5.41) is 7.81. The number of nitrogens with one attached hydrogen (secondary N) is 1. The Morgan fingerprint density at radius 2 is 2.14 bits per heavy atom. The molecule has 0 aliphatic carbocycles. The van der Waals surface area contributed by atoms with Crippen LogP contribution in [0.4, 0.5) is 4.39 Å². The van der Waals surface area contributed by atoms with Crippen molar-refractivity contribution in [3.05, 3.63) is 53.1 Å². The van der Waals surface area contributed by atoms with Crippen LogP contribution in [0.15, 0.2) is 30.6 Å². The lowest BCUT2D eigenvalue weighted by Crippen LogP contribution is -2.24. The molecule has 1 heterocycles. The third-order valence-corrected chi connectivity index (χ3v) is 3.69. The first-order valence-corrected chi connectivity index (χ1v) is 7.64. The van der Waals surface area contributed by atoms with Crippen LogP contribution in [0.2, 0.25) is 0 Å². The van der Waals surface area contributed by atoms with E-state index in [1.54, 1.807) is 13.0 Å². The van der Waals surface area contributed by atoms with Gasteiger partial charge in [0.1, 0.15) is 5.82 Å². The van der Waals surface area contributed by atoms with Crippen LogP contribution >= 0.6 is 0 Å². The molecule has 2 rings (SSSR count). The number of aromatic nitrogens is 2. The molecule has 0 fully saturated rings. The second-order valence-electron chi connectivity index (χ2n) is 5.42. The highest BCUT2D eigenvalue weighted by molar-refractivity contribution is 5.27. The molecule has 1 N–H and O–H groups in total. The normalized spacial score (nSPS) is 12.6. The Kier molecular flexibility index (Phi) is 5.51. The molecule has 4 heteroatoms. The molecule has 21 heavy (non-hydrogen) atoms. The molecule has 2 aromatic rings. The molecule has 1 atom stereocenters. The predicted octanol–water partition coefficient (Wildman–Crippen LogP) is 3.63. The highest BCUT2D eigenvalue weighted by Crippen LogP contribution is 2.21. The molecule has 0 saturated heterocycles. The Hall–Kier alpha value is -1.68. The zero-order valence-corrected chi connectivity index (χ0v) is 13.1. The molecule has 3 nitrogen and oxygen atoms in total. The van der Waals surface area contributed by atoms with E-state index in [0.717, 1.165) is 31.5 Å². The number of hydrogen-bond donors (Lipinski definition) is 1. The van der Waals surface area contributed by atoms with E-state index in [-0.39, 0.29) is 11.9 Å². The average molecular weight is 289 g/mol. The molecule has 0 bridgehead atoms. The summed E-state index contributed by atoms with van der Waals surface area (Å²) in [6.45, 7) is 7.78. The summed E-state index contributed by atoms with van der Waals surface area (Å²) >= 11 is 0. The minimum absolute atomic E-state index is 0.120. The van der Waals surface area contributed by atoms with Gasteiger partial charge in [-0.1, -0.05) is 19.1 Å². The third-order valence-electron chi connectivity index (χ3n) is 3.69. The molecule has 1 aromatic heterocycles. The van der Waals surface area contributed by atoms with E-state index in [1.807, 2.05) is 23.0 Å². The lowest BCUT2D eigenvalue weighted by atomic mass is 9.99. The van der Waals surface area contributed by atoms with Crippen molar-refractivity contribution < 1.29 is 4.39 Å². The number of rotatable bonds is 7. The number of aryl methyl sites for hydroxylation is 2. The van der Waals surface area contributed by atoms with Gasteiger partial charge >= 0.3 is 0 Å². The molecule has 0 aliphatic heterocycles. The van der Waals surface area contributed by atoms with Crippen molar-refractivity contribution in [2.75, 3.05) is 6.54 Å². The lowest BCUT2D eigenvalue weighted by Gasteiger charge is -2.19. The topological polar surface area (TPSA) is 29.9 Å². The molecule has 1 aromatic carbocycles. The molecular weight excluding hydrogens is 265 g/mol. The largest absolute Gasteiger partial charge is 0.310 e. The first-order valence-electron chi connectivity index (χ1n) is 7.64. The maximum Gasteiger partial charge on any atom is 0.126 e. The fourth-order valence-corrected chi connectivity index (χ4v) is 2.37. The first kappa shape index (κ1) is 15.7. The Bertz CT molecular complexity index is 577. The maximum atomic E-state index is 13.8. The zero-order valence-electron chi connectivity index (χ0n) is 13.1. The quantitative estimate of drug-likeness (QED) is 0.843. The van der Waals surface area contributed by atoms with Crippen molar-refractivity contribution >= 4 is 0 Å². The molecule has 0 saturated carbocycles. The van der Waals surface area contributed by atoms with Crippen LogP contribution in [-0.4, -0.2) is 16.3 Å². The van der Waals surface area contributed by atoms with Crippen molar-refractivity contribution in [1.82, 2.24) is 15.1 Å². The van der Waals surface area contributed by atoms with E-state index in [1.165, 1.54) is 5.56 Å². The second kappa shape index (κ2) is 7.36. The number of hydrogen-bond acceptors (Lipinski definition) is 2. The van der Waals surface area contributed by atoms with E-state index in [2.05, 4.69) is 30.5 Å². The van der Waals surface area contributed by atoms with Gasteiger partial charge in [0, 0.05) is 18.8 Å². The van der Waals surface area contributed by atoms with Crippen LogP contribution in [0, 0.1) is 12.7 Å². The Balaban J connectivity index is 2.18. The van der Waals surface area contributed by atoms with E-state index < -0.39 is 0 Å². The standard InChI is InChI=1S/C17H24FN3/c1-4-8-19-17(9-14-11-20-21(5-2)12-14)15-7-6-13(3)16(18)10-15/h6-7,10-12,17,19H,4-5,8-9H2,1-3H3. The Labute approximate surface area is 126 Å². The van der Waals surface area contributed by atoms with Crippen molar-refractivity contribution in [2.24, 2.45) is 0 Å². The summed E-state index contributed by atoms with van der Waals surface area (Å²) in [7, 11) is 0. The van der Waals surface area contributed by atoms with Crippen LogP contribution in [0.5, 0.6) is 0 Å². The average Bonchev–Trinajstić information content (AvgIpc) is 2.94. The Morgan fingerprint density at radius 1 is 1.33 bits per heavy atom. The van der Waals surface area contributed by atoms with Gasteiger partial charge < -0.3 is 5.32 Å². The van der Waals surface area contributed by atoms with Gasteiger partial charge in [0.05, 0.1) is 6.20 Å². The fraction of sp³-hybridized carbons (Fsp3) is 0.471. The monoisotopic (exact) mass is 289 g/mol. The van der Waals surface area contributed by atoms with Crippen molar-refractivity contribution in [2.45, 2.75) is 46.2 Å². The van der Waals surface area contributed by atoms with Crippen LogP contribution < -0.4 is 5.32 Å². The van der Waals surface area contributed by atoms with E-state index in [0.29, 0.717) is 5.56 Å². The van der Waals surface area contributed by atoms with Crippen LogP contribution in [0.25, 0.3) is 0 Å². The number of halogens is 1. The van der Waals surface area contributed by atoms with Gasteiger partial charge in [-0.25, -0.2) is 4.39 Å². The fourth-order valence-electron chi connectivity index (χ4n) is 2.37. The van der Waals surface area contributed by atoms with Crippen molar-refractivity contribution in [1.29, 1.82) is 0 Å².